The number of aliphatic hydroxyl groups excluding tert-OH is 1. The highest BCUT2D eigenvalue weighted by Gasteiger charge is 2.56. The number of aliphatic hydroxyl groups is 2. The molecule has 0 spiro atoms. The maximum atomic E-state index is 14.2. The molecule has 3 aliphatic rings. The summed E-state index contributed by atoms with van der Waals surface area (Å²) in [7, 11) is 0. The number of carbonyl (C=O) groups excluding carboxylic acids is 1. The fraction of sp³-hybridized carbons (Fsp3) is 0.389. The summed E-state index contributed by atoms with van der Waals surface area (Å²) in [5.74, 6) is -2.14. The first-order valence-electron chi connectivity index (χ1n) is 15.2. The molecule has 8 heteroatoms. The third-order valence-electron chi connectivity index (χ3n) is 9.81. The van der Waals surface area contributed by atoms with Crippen LogP contribution in [-0.4, -0.2) is 38.4 Å². The molecule has 1 heterocycles. The van der Waals surface area contributed by atoms with Gasteiger partial charge in [0.05, 0.1) is 21.9 Å². The van der Waals surface area contributed by atoms with E-state index in [9.17, 15) is 23.8 Å². The predicted molar refractivity (Wildman–Crippen MR) is 174 cm³/mol. The number of ketones is 1. The maximum Gasteiger partial charge on any atom is 0.193 e. The summed E-state index contributed by atoms with van der Waals surface area (Å²) < 4.78 is 30.1. The fourth-order valence-corrected chi connectivity index (χ4v) is 9.44. The van der Waals surface area contributed by atoms with E-state index in [4.69, 9.17) is 4.98 Å². The van der Waals surface area contributed by atoms with E-state index in [2.05, 4.69) is 26.0 Å². The van der Waals surface area contributed by atoms with Crippen LogP contribution in [0, 0.1) is 17.0 Å². The molecule has 1 aromatic heterocycles. The molecule has 7 rings (SSSR count). The van der Waals surface area contributed by atoms with Crippen LogP contribution < -0.4 is 0 Å². The van der Waals surface area contributed by atoms with Gasteiger partial charge >= 0.3 is 0 Å². The number of carbonyl (C=O) groups is 1. The number of hydrogen-bond acceptors (Lipinski definition) is 6. The highest BCUT2D eigenvalue weighted by molar-refractivity contribution is 8.01. The van der Waals surface area contributed by atoms with E-state index in [0.717, 1.165) is 50.7 Å². The first-order valence-corrected chi connectivity index (χ1v) is 17.0. The summed E-state index contributed by atoms with van der Waals surface area (Å²) in [6.07, 6.45) is 6.09. The molecular weight excluding hydrogens is 597 g/mol. The van der Waals surface area contributed by atoms with Crippen LogP contribution in [0.2, 0.25) is 0 Å². The quantitative estimate of drug-likeness (QED) is 0.131. The minimum Gasteiger partial charge on any atom is -0.393 e. The van der Waals surface area contributed by atoms with Crippen molar-refractivity contribution < 1.29 is 23.8 Å². The minimum absolute atomic E-state index is 0.0730. The van der Waals surface area contributed by atoms with Gasteiger partial charge in [-0.1, -0.05) is 54.6 Å². The lowest BCUT2D eigenvalue weighted by atomic mass is 9.65. The van der Waals surface area contributed by atoms with Crippen molar-refractivity contribution in [2.45, 2.75) is 80.8 Å². The predicted octanol–water partition coefficient (Wildman–Crippen LogP) is 8.64. The zero-order valence-electron chi connectivity index (χ0n) is 25.0. The Morgan fingerprint density at radius 3 is 2.68 bits per heavy atom. The van der Waals surface area contributed by atoms with Crippen molar-refractivity contribution in [3.8, 4) is 0 Å². The van der Waals surface area contributed by atoms with Crippen LogP contribution in [-0.2, 0) is 6.42 Å². The van der Waals surface area contributed by atoms with E-state index in [1.807, 2.05) is 36.4 Å². The molecule has 230 valence electrons. The van der Waals surface area contributed by atoms with E-state index in [1.165, 1.54) is 11.6 Å². The summed E-state index contributed by atoms with van der Waals surface area (Å²) >= 11 is 3.21. The molecule has 0 saturated heterocycles. The number of fused-ring (bicyclic) bond motifs is 9. The molecule has 0 radical (unpaired) electrons. The molecule has 0 aliphatic heterocycles. The number of para-hydroxylation sites is 1. The third-order valence-corrected chi connectivity index (χ3v) is 12.2. The van der Waals surface area contributed by atoms with Crippen LogP contribution in [0.5, 0.6) is 0 Å². The lowest BCUT2D eigenvalue weighted by Gasteiger charge is -2.44. The molecule has 1 saturated carbocycles. The SMILES string of the molecule is CC1=CCC[C@@]2(C)[C@@H](CC[C@@]2(O)CSc2nc3ccccc3s2)c2ccc(cc2C(=O)c2ccc(F)c(F)c2)C[C@@H](O)CC1. The molecular formula is C36H37F2NO3S2. The van der Waals surface area contributed by atoms with Gasteiger partial charge < -0.3 is 10.2 Å². The van der Waals surface area contributed by atoms with Crippen molar-refractivity contribution in [1.82, 2.24) is 4.98 Å². The molecule has 2 N–H and O–H groups in total. The highest BCUT2D eigenvalue weighted by Crippen LogP contribution is 2.59. The van der Waals surface area contributed by atoms with Gasteiger partial charge in [-0.15, -0.1) is 11.3 Å². The zero-order valence-corrected chi connectivity index (χ0v) is 26.6. The van der Waals surface area contributed by atoms with Crippen LogP contribution in [0.3, 0.4) is 0 Å². The Morgan fingerprint density at radius 2 is 1.89 bits per heavy atom. The Morgan fingerprint density at radius 1 is 1.07 bits per heavy atom. The first kappa shape index (κ1) is 31.1. The Balaban J connectivity index is 1.41. The standard InChI is InChI=1S/C36H37F2NO3S2/c1-22-6-5-16-35(2)28(15-17-36(35,42)21-43-34-39-31-7-3-4-8-32(31)44-34)26-13-10-23(18-25(40)12-9-22)19-27(26)33(41)24-11-14-29(37)30(38)20-24/h3-4,6-8,10-11,13-14,19-20,25,28,40,42H,5,9,12,15-18,21H2,1-2H3/t25-,28-,35-,36+/m0/s1. The molecule has 0 amide bonds. The molecule has 4 aromatic rings. The lowest BCUT2D eigenvalue weighted by molar-refractivity contribution is -0.0422. The van der Waals surface area contributed by atoms with E-state index < -0.39 is 28.8 Å². The van der Waals surface area contributed by atoms with Crippen LogP contribution in [0.1, 0.15) is 85.3 Å². The fourth-order valence-electron chi connectivity index (χ4n) is 7.06. The van der Waals surface area contributed by atoms with Gasteiger partial charge in [-0.25, -0.2) is 13.8 Å². The van der Waals surface area contributed by atoms with Crippen molar-refractivity contribution in [2.75, 3.05) is 5.75 Å². The average molecular weight is 634 g/mol. The molecule has 3 aromatic carbocycles. The highest BCUT2D eigenvalue weighted by atomic mass is 32.2. The largest absolute Gasteiger partial charge is 0.393 e. The smallest absolute Gasteiger partial charge is 0.193 e. The number of thiazole rings is 1. The normalized spacial score (nSPS) is 25.9. The second kappa shape index (κ2) is 12.5. The summed E-state index contributed by atoms with van der Waals surface area (Å²) in [6.45, 7) is 4.23. The van der Waals surface area contributed by atoms with Crippen molar-refractivity contribution in [3.05, 3.63) is 106 Å². The number of aromatic nitrogens is 1. The molecule has 3 aliphatic carbocycles. The molecule has 2 bridgehead atoms. The van der Waals surface area contributed by atoms with Gasteiger partial charge in [0.1, 0.15) is 0 Å². The number of allylic oxidation sites excluding steroid dienone is 2. The number of nitrogens with zero attached hydrogens (tertiary/aromatic N) is 1. The molecule has 4 nitrogen and oxygen atoms in total. The van der Waals surface area contributed by atoms with E-state index in [0.29, 0.717) is 43.4 Å². The average Bonchev–Trinajstić information content (AvgIpc) is 3.54. The minimum atomic E-state index is -1.07. The van der Waals surface area contributed by atoms with Crippen LogP contribution in [0.25, 0.3) is 10.2 Å². The Kier molecular flexibility index (Phi) is 8.81. The van der Waals surface area contributed by atoms with Gasteiger partial charge in [0.25, 0.3) is 0 Å². The van der Waals surface area contributed by atoms with Crippen LogP contribution >= 0.6 is 23.1 Å². The number of halogens is 2. The van der Waals surface area contributed by atoms with Gasteiger partial charge in [0, 0.05) is 22.3 Å². The number of hydrogen-bond donors (Lipinski definition) is 2. The van der Waals surface area contributed by atoms with E-state index >= 15 is 0 Å². The maximum absolute atomic E-state index is 14.2. The van der Waals surface area contributed by atoms with Gasteiger partial charge in [-0.05, 0) is 105 Å². The zero-order chi connectivity index (χ0) is 31.1. The van der Waals surface area contributed by atoms with Crippen molar-refractivity contribution in [3.63, 3.8) is 0 Å². The number of rotatable bonds is 5. The van der Waals surface area contributed by atoms with Crippen molar-refractivity contribution in [1.29, 1.82) is 0 Å². The van der Waals surface area contributed by atoms with E-state index in [-0.39, 0.29) is 17.3 Å². The molecule has 0 unspecified atom stereocenters. The Labute approximate surface area is 265 Å². The number of thioether (sulfide) groups is 1. The summed E-state index contributed by atoms with van der Waals surface area (Å²) in [5.41, 5.74) is 2.66. The molecule has 1 fully saturated rings. The second-order valence-electron chi connectivity index (χ2n) is 12.6. The molecule has 4 atom stereocenters. The summed E-state index contributed by atoms with van der Waals surface area (Å²) in [6, 6.07) is 17.0. The van der Waals surface area contributed by atoms with Crippen LogP contribution in [0.15, 0.2) is 76.7 Å². The van der Waals surface area contributed by atoms with E-state index in [1.54, 1.807) is 23.1 Å². The van der Waals surface area contributed by atoms with Crippen molar-refractivity contribution in [2.24, 2.45) is 5.41 Å². The summed E-state index contributed by atoms with van der Waals surface area (Å²) in [5, 5.41) is 23.3. The van der Waals surface area contributed by atoms with Crippen LogP contribution in [0.4, 0.5) is 8.78 Å². The Bertz CT molecular complexity index is 1700. The Hall–Kier alpha value is -2.91. The number of benzene rings is 3. The molecule has 44 heavy (non-hydrogen) atoms. The monoisotopic (exact) mass is 633 g/mol. The topological polar surface area (TPSA) is 70.4 Å². The van der Waals surface area contributed by atoms with Gasteiger partial charge in [0.15, 0.2) is 21.8 Å². The summed E-state index contributed by atoms with van der Waals surface area (Å²) in [4.78, 5) is 18.8. The van der Waals surface area contributed by atoms with Gasteiger partial charge in [-0.3, -0.25) is 4.79 Å². The van der Waals surface area contributed by atoms with Gasteiger partial charge in [-0.2, -0.15) is 0 Å². The lowest BCUT2D eigenvalue weighted by Crippen LogP contribution is -2.46. The third kappa shape index (κ3) is 6.02. The second-order valence-corrected chi connectivity index (χ2v) is 14.9. The van der Waals surface area contributed by atoms with Crippen molar-refractivity contribution >= 4 is 39.1 Å². The first-order chi connectivity index (χ1) is 21.1. The van der Waals surface area contributed by atoms with Gasteiger partial charge in [0.2, 0.25) is 0 Å².